The summed E-state index contributed by atoms with van der Waals surface area (Å²) in [7, 11) is 0. The van der Waals surface area contributed by atoms with Crippen molar-refractivity contribution < 1.29 is 19.0 Å². The molecule has 32 heavy (non-hydrogen) atoms. The number of aliphatic carboxylic acids is 1. The van der Waals surface area contributed by atoms with Gasteiger partial charge in [0.1, 0.15) is 18.2 Å². The lowest BCUT2D eigenvalue weighted by molar-refractivity contribution is -0.138. The third kappa shape index (κ3) is 5.68. The largest absolute Gasteiger partial charge is 0.489 e. The molecule has 1 N–H and O–H groups in total. The van der Waals surface area contributed by atoms with Crippen LogP contribution >= 0.6 is 0 Å². The van der Waals surface area contributed by atoms with Crippen LogP contribution < -0.4 is 4.74 Å². The second kappa shape index (κ2) is 9.87. The molecule has 0 fully saturated rings. The summed E-state index contributed by atoms with van der Waals surface area (Å²) in [5, 5.41) is 8.96. The standard InChI is InChI=1S/C25H26FN3O3/c1-17(12-24(30)31)14-29-11-10-23-20(15-29)13-27-25(28-23)19-4-8-22(9-5-19)32-16-18-2-6-21(26)7-3-18/h2-9,13,17H,10-12,14-16H2,1H3,(H,30,31). The molecule has 166 valence electrons. The van der Waals surface area contributed by atoms with Crippen molar-refractivity contribution in [3.8, 4) is 17.1 Å². The van der Waals surface area contributed by atoms with Crippen LogP contribution in [0, 0.1) is 11.7 Å². The first kappa shape index (κ1) is 21.9. The van der Waals surface area contributed by atoms with E-state index in [0.29, 0.717) is 12.4 Å². The van der Waals surface area contributed by atoms with Gasteiger partial charge in [-0.3, -0.25) is 9.69 Å². The quantitative estimate of drug-likeness (QED) is 0.568. The van der Waals surface area contributed by atoms with Gasteiger partial charge in [-0.1, -0.05) is 19.1 Å². The van der Waals surface area contributed by atoms with Crippen molar-refractivity contribution in [3.63, 3.8) is 0 Å². The first-order valence-electron chi connectivity index (χ1n) is 10.7. The number of hydrogen-bond donors (Lipinski definition) is 1. The molecular weight excluding hydrogens is 409 g/mol. The molecular formula is C25H26FN3O3. The highest BCUT2D eigenvalue weighted by molar-refractivity contribution is 5.67. The maximum absolute atomic E-state index is 13.0. The van der Waals surface area contributed by atoms with Crippen molar-refractivity contribution in [1.29, 1.82) is 0 Å². The summed E-state index contributed by atoms with van der Waals surface area (Å²) in [6, 6.07) is 13.9. The minimum Gasteiger partial charge on any atom is -0.489 e. The van der Waals surface area contributed by atoms with Crippen LogP contribution in [0.5, 0.6) is 5.75 Å². The molecule has 2 aromatic carbocycles. The average Bonchev–Trinajstić information content (AvgIpc) is 2.78. The van der Waals surface area contributed by atoms with Gasteiger partial charge in [-0.05, 0) is 47.9 Å². The molecule has 1 aliphatic heterocycles. The van der Waals surface area contributed by atoms with Crippen LogP contribution in [0.1, 0.15) is 30.2 Å². The molecule has 4 rings (SSSR count). The van der Waals surface area contributed by atoms with E-state index in [2.05, 4.69) is 9.88 Å². The van der Waals surface area contributed by atoms with Gasteiger partial charge < -0.3 is 9.84 Å². The Labute approximate surface area is 186 Å². The molecule has 1 unspecified atom stereocenters. The van der Waals surface area contributed by atoms with Crippen LogP contribution in [0.25, 0.3) is 11.4 Å². The Hall–Kier alpha value is -3.32. The summed E-state index contributed by atoms with van der Waals surface area (Å²) >= 11 is 0. The third-order valence-corrected chi connectivity index (χ3v) is 5.54. The summed E-state index contributed by atoms with van der Waals surface area (Å²) in [5.41, 5.74) is 3.97. The maximum atomic E-state index is 13.0. The molecule has 1 atom stereocenters. The van der Waals surface area contributed by atoms with Crippen LogP contribution in [0.3, 0.4) is 0 Å². The normalized spacial score (nSPS) is 14.6. The number of carboxylic acid groups (broad SMARTS) is 1. The lowest BCUT2D eigenvalue weighted by Crippen LogP contribution is -2.35. The lowest BCUT2D eigenvalue weighted by atomic mass is 10.0. The predicted octanol–water partition coefficient (Wildman–Crippen LogP) is 4.33. The fourth-order valence-corrected chi connectivity index (χ4v) is 3.92. The zero-order valence-electron chi connectivity index (χ0n) is 18.0. The van der Waals surface area contributed by atoms with E-state index in [9.17, 15) is 9.18 Å². The number of rotatable bonds is 8. The van der Waals surface area contributed by atoms with Crippen molar-refractivity contribution in [1.82, 2.24) is 14.9 Å². The van der Waals surface area contributed by atoms with E-state index in [1.807, 2.05) is 37.4 Å². The maximum Gasteiger partial charge on any atom is 0.303 e. The number of aromatic nitrogens is 2. The molecule has 0 saturated heterocycles. The number of ether oxygens (including phenoxy) is 1. The second-order valence-corrected chi connectivity index (χ2v) is 8.29. The summed E-state index contributed by atoms with van der Waals surface area (Å²) in [4.78, 5) is 22.5. The molecule has 1 aliphatic rings. The van der Waals surface area contributed by atoms with Crippen molar-refractivity contribution in [2.45, 2.75) is 32.9 Å². The Morgan fingerprint density at radius 3 is 2.66 bits per heavy atom. The SMILES string of the molecule is CC(CC(=O)O)CN1CCc2nc(-c3ccc(OCc4ccc(F)cc4)cc3)ncc2C1. The summed E-state index contributed by atoms with van der Waals surface area (Å²) in [5.74, 6) is 0.500. The van der Waals surface area contributed by atoms with E-state index in [-0.39, 0.29) is 18.2 Å². The average molecular weight is 435 g/mol. The molecule has 2 heterocycles. The summed E-state index contributed by atoms with van der Waals surface area (Å²) < 4.78 is 18.8. The number of carbonyl (C=O) groups is 1. The number of halogens is 1. The Balaban J connectivity index is 1.36. The molecule has 0 spiro atoms. The zero-order valence-corrected chi connectivity index (χ0v) is 18.0. The van der Waals surface area contributed by atoms with E-state index in [1.54, 1.807) is 12.1 Å². The van der Waals surface area contributed by atoms with E-state index in [1.165, 1.54) is 12.1 Å². The van der Waals surface area contributed by atoms with Gasteiger partial charge in [0, 0.05) is 49.8 Å². The number of hydrogen-bond acceptors (Lipinski definition) is 5. The first-order chi connectivity index (χ1) is 15.5. The summed E-state index contributed by atoms with van der Waals surface area (Å²) in [6.45, 7) is 4.71. The van der Waals surface area contributed by atoms with Gasteiger partial charge >= 0.3 is 5.97 Å². The predicted molar refractivity (Wildman–Crippen MR) is 119 cm³/mol. The van der Waals surface area contributed by atoms with E-state index in [0.717, 1.165) is 54.2 Å². The highest BCUT2D eigenvalue weighted by atomic mass is 19.1. The van der Waals surface area contributed by atoms with Crippen molar-refractivity contribution >= 4 is 5.97 Å². The van der Waals surface area contributed by atoms with Crippen LogP contribution in [0.4, 0.5) is 4.39 Å². The summed E-state index contributed by atoms with van der Waals surface area (Å²) in [6.07, 6.45) is 2.89. The molecule has 0 saturated carbocycles. The first-order valence-corrected chi connectivity index (χ1v) is 10.7. The third-order valence-electron chi connectivity index (χ3n) is 5.54. The van der Waals surface area contributed by atoms with Gasteiger partial charge in [0.15, 0.2) is 5.82 Å². The van der Waals surface area contributed by atoms with Crippen molar-refractivity contribution in [2.75, 3.05) is 13.1 Å². The molecule has 6 nitrogen and oxygen atoms in total. The number of benzene rings is 2. The minimum atomic E-state index is -0.755. The highest BCUT2D eigenvalue weighted by Gasteiger charge is 2.21. The molecule has 7 heteroatoms. The molecule has 1 aromatic heterocycles. The zero-order chi connectivity index (χ0) is 22.5. The number of nitrogens with zero attached hydrogens (tertiary/aromatic N) is 3. The Morgan fingerprint density at radius 2 is 1.94 bits per heavy atom. The van der Waals surface area contributed by atoms with Crippen molar-refractivity contribution in [2.24, 2.45) is 5.92 Å². The van der Waals surface area contributed by atoms with Crippen LogP contribution in [0.2, 0.25) is 0 Å². The Morgan fingerprint density at radius 1 is 1.19 bits per heavy atom. The Kier molecular flexibility index (Phi) is 6.75. The van der Waals surface area contributed by atoms with E-state index in [4.69, 9.17) is 14.8 Å². The smallest absolute Gasteiger partial charge is 0.303 e. The molecule has 3 aromatic rings. The Bertz CT molecular complexity index is 1070. The highest BCUT2D eigenvalue weighted by Crippen LogP contribution is 2.24. The lowest BCUT2D eigenvalue weighted by Gasteiger charge is -2.29. The van der Waals surface area contributed by atoms with Crippen LogP contribution in [0.15, 0.2) is 54.7 Å². The minimum absolute atomic E-state index is 0.109. The van der Waals surface area contributed by atoms with Crippen LogP contribution in [-0.2, 0) is 24.4 Å². The van der Waals surface area contributed by atoms with E-state index < -0.39 is 5.97 Å². The topological polar surface area (TPSA) is 75.5 Å². The second-order valence-electron chi connectivity index (χ2n) is 8.29. The van der Waals surface area contributed by atoms with Gasteiger partial charge in [0.2, 0.25) is 0 Å². The number of carboxylic acids is 1. The molecule has 0 amide bonds. The monoisotopic (exact) mass is 435 g/mol. The number of fused-ring (bicyclic) bond motifs is 1. The van der Waals surface area contributed by atoms with Gasteiger partial charge in [-0.25, -0.2) is 14.4 Å². The van der Waals surface area contributed by atoms with Gasteiger partial charge in [0.05, 0.1) is 5.69 Å². The van der Waals surface area contributed by atoms with Crippen molar-refractivity contribution in [3.05, 3.63) is 77.4 Å². The van der Waals surface area contributed by atoms with Crippen LogP contribution in [-0.4, -0.2) is 39.0 Å². The molecule has 0 bridgehead atoms. The van der Waals surface area contributed by atoms with E-state index >= 15 is 0 Å². The van der Waals surface area contributed by atoms with Gasteiger partial charge in [0.25, 0.3) is 0 Å². The fourth-order valence-electron chi connectivity index (χ4n) is 3.92. The molecule has 0 radical (unpaired) electrons. The van der Waals surface area contributed by atoms with Gasteiger partial charge in [-0.15, -0.1) is 0 Å². The molecule has 0 aliphatic carbocycles. The van der Waals surface area contributed by atoms with Gasteiger partial charge in [-0.2, -0.15) is 0 Å². The fraction of sp³-hybridized carbons (Fsp3) is 0.320.